The van der Waals surface area contributed by atoms with Crippen molar-refractivity contribution in [3.05, 3.63) is 185 Å². The number of rotatable bonds is 12. The number of thiophene rings is 4. The van der Waals surface area contributed by atoms with Crippen LogP contribution in [0.15, 0.2) is 163 Å². The number of benzene rings is 4. The van der Waals surface area contributed by atoms with E-state index in [1.54, 1.807) is 45.3 Å². The minimum absolute atomic E-state index is 0. The number of amides is 3. The number of nitrogens with one attached hydrogen (secondary N) is 1. The quantitative estimate of drug-likeness (QED) is 0.0432. The molecule has 0 saturated carbocycles. The van der Waals surface area contributed by atoms with E-state index in [2.05, 4.69) is 99.5 Å². The van der Waals surface area contributed by atoms with Gasteiger partial charge in [-0.3, -0.25) is 0 Å². The van der Waals surface area contributed by atoms with Crippen LogP contribution in [0.1, 0.15) is 155 Å². The van der Waals surface area contributed by atoms with Crippen LogP contribution < -0.4 is 47.9 Å². The average molecular weight is 1680 g/mol. The highest BCUT2D eigenvalue weighted by Gasteiger charge is 2.39. The molecule has 8 aliphatic heterocycles. The van der Waals surface area contributed by atoms with E-state index in [4.69, 9.17) is 37.1 Å². The van der Waals surface area contributed by atoms with E-state index >= 15 is 0 Å². The Labute approximate surface area is 706 Å². The van der Waals surface area contributed by atoms with Gasteiger partial charge in [0.1, 0.15) is 40.1 Å². The molecule has 4 fully saturated rings. The van der Waals surface area contributed by atoms with Crippen LogP contribution in [0.4, 0.5) is 59.9 Å². The Morgan fingerprint density at radius 1 is 0.374 bits per heavy atom. The van der Waals surface area contributed by atoms with Gasteiger partial charge < -0.3 is 76.8 Å². The zero-order valence-corrected chi connectivity index (χ0v) is 72.7. The molecule has 0 aliphatic carbocycles. The van der Waals surface area contributed by atoms with Crippen molar-refractivity contribution in [3.63, 3.8) is 0 Å². The first kappa shape index (κ1) is 87.0. The molecule has 4 atom stereocenters. The number of fused-ring (bicyclic) bond motifs is 4. The van der Waals surface area contributed by atoms with Gasteiger partial charge in [0.05, 0.1) is 42.3 Å². The van der Waals surface area contributed by atoms with Crippen LogP contribution >= 0.6 is 70.2 Å². The number of likely N-dealkylation sites (tertiary alicyclic amines) is 3. The highest BCUT2D eigenvalue weighted by atomic mass is 35.5. The highest BCUT2D eigenvalue weighted by Crippen LogP contribution is 2.40. The fourth-order valence-corrected chi connectivity index (χ4v) is 18.6. The lowest BCUT2D eigenvalue weighted by molar-refractivity contribution is 0.0282. The maximum absolute atomic E-state index is 12.4. The third kappa shape index (κ3) is 23.1. The molecule has 0 bridgehead atoms. The Morgan fingerprint density at radius 3 is 0.861 bits per heavy atom. The molecule has 28 heteroatoms. The maximum atomic E-state index is 12.4. The fraction of sp³-hybridized carbons (Fsp3) is 0.460. The van der Waals surface area contributed by atoms with Crippen molar-refractivity contribution in [3.8, 4) is 0 Å². The molecule has 16 rings (SSSR count). The van der Waals surface area contributed by atoms with Crippen LogP contribution in [0.3, 0.4) is 0 Å². The summed E-state index contributed by atoms with van der Waals surface area (Å²) in [6.45, 7) is 28.0. The number of aryl methyl sites for hydroxylation is 4. The van der Waals surface area contributed by atoms with Crippen LogP contribution in [-0.2, 0) is 39.9 Å². The predicted molar refractivity (Wildman–Crippen MR) is 482 cm³/mol. The highest BCUT2D eigenvalue weighted by molar-refractivity contribution is 7.13. The molecule has 0 radical (unpaired) electrons. The molecule has 4 aromatic heterocycles. The predicted octanol–water partition coefficient (Wildman–Crippen LogP) is 17.4. The molecular formula is C87H114Cl2N16O6S4. The summed E-state index contributed by atoms with van der Waals surface area (Å²) in [5, 5.41) is 11.5. The molecular weight excluding hydrogens is 1560 g/mol. The van der Waals surface area contributed by atoms with Gasteiger partial charge in [-0.1, -0.05) is 24.3 Å². The minimum Gasteiger partial charge on any atom is -0.444 e. The number of halogens is 2. The first-order valence-corrected chi connectivity index (χ1v) is 43.5. The fourth-order valence-electron chi connectivity index (χ4n) is 16.1. The number of nitrogens with zero attached hydrogens (tertiary/aromatic N) is 11. The first-order valence-electron chi connectivity index (χ1n) is 40.0. The Balaban J connectivity index is 0.000000151. The van der Waals surface area contributed by atoms with Crippen molar-refractivity contribution >= 4 is 157 Å². The number of carbonyl (C=O) groups excluding carboxylic acids is 3. The van der Waals surface area contributed by atoms with Crippen molar-refractivity contribution in [2.24, 2.45) is 42.9 Å². The second kappa shape index (κ2) is 38.9. The second-order valence-electron chi connectivity index (χ2n) is 33.1. The second-order valence-corrected chi connectivity index (χ2v) is 36.9. The Kier molecular flexibility index (Phi) is 29.4. The van der Waals surface area contributed by atoms with E-state index in [-0.39, 0.29) is 43.1 Å². The van der Waals surface area contributed by atoms with Crippen molar-refractivity contribution in [2.45, 2.75) is 180 Å². The summed E-state index contributed by atoms with van der Waals surface area (Å²) in [6, 6.07) is 43.1. The number of carbonyl (C=O) groups is 3. The normalized spacial score (nSPS) is 19.7. The molecule has 8 aliphatic rings. The Morgan fingerprint density at radius 2 is 0.635 bits per heavy atom. The molecule has 0 spiro atoms. The Bertz CT molecular complexity index is 4320. The lowest BCUT2D eigenvalue weighted by Crippen LogP contribution is -2.42. The van der Waals surface area contributed by atoms with Gasteiger partial charge >= 0.3 is 18.3 Å². The van der Waals surface area contributed by atoms with Gasteiger partial charge in [-0.15, -0.1) is 70.2 Å². The lowest BCUT2D eigenvalue weighted by Gasteiger charge is -2.36. The number of amidine groups is 4. The Hall–Kier alpha value is -8.89. The maximum Gasteiger partial charge on any atom is 0.410 e. The summed E-state index contributed by atoms with van der Waals surface area (Å²) >= 11 is 6.41. The van der Waals surface area contributed by atoms with Gasteiger partial charge in [0.2, 0.25) is 0 Å². The van der Waals surface area contributed by atoms with Gasteiger partial charge in [-0.25, -0.2) is 34.4 Å². The van der Waals surface area contributed by atoms with Crippen LogP contribution in [0.2, 0.25) is 0 Å². The van der Waals surface area contributed by atoms with E-state index in [9.17, 15) is 14.4 Å². The summed E-state index contributed by atoms with van der Waals surface area (Å²) in [5.41, 5.74) is 37.3. The van der Waals surface area contributed by atoms with Gasteiger partial charge in [0.15, 0.2) is 0 Å². The molecule has 4 unspecified atom stereocenters. The molecule has 115 heavy (non-hydrogen) atoms. The lowest BCUT2D eigenvalue weighted by atomic mass is 9.99. The largest absolute Gasteiger partial charge is 0.444 e. The third-order valence-corrected chi connectivity index (χ3v) is 24.8. The number of hydrogen-bond donors (Lipinski definition) is 5. The molecule has 3 amide bonds. The van der Waals surface area contributed by atoms with E-state index in [1.807, 2.05) is 165 Å². The van der Waals surface area contributed by atoms with Crippen LogP contribution in [0, 0.1) is 0 Å². The standard InChI is InChI=1S/3C23H30N4O2S.C18H22N4S.2ClH/c3*1-23(2,3)29-22(28)26-12-10-18(15-26)27-11-4-6-16-14-17(8-9-19(16)27)25-21(24)20-7-5-13-30-20;19-18(17-4-2-10-23-17)21-14-5-6-16-13(11-14)3-1-9-22(16)15-7-8-20-12-15;;/h3*5,7-9,13-14,18H,4,6,10-12,15H2,1-3H3,(H2,24,25);2,4-6,10-11,15,20H,1,3,7-9,12H2,(H2,19,21);2*1H. The van der Waals surface area contributed by atoms with Crippen LogP contribution in [0.25, 0.3) is 0 Å². The molecule has 8 aromatic rings. The molecule has 9 N–H and O–H groups in total. The SMILES string of the molecule is CC(C)(C)OC(=O)N1CCC(N2CCCc3cc(N=C(N)c4cccs4)ccc32)C1.CC(C)(C)OC(=O)N1CCC(N2CCCc3cc(N=C(N)c4cccs4)ccc32)C1.CC(C)(C)OC(=O)N1CCC(N2CCCc3cc(N=C(N)c4cccs4)ccc32)C1.Cl.Cl.NC(=Nc1ccc2c(c1)CCCN2C1CCNC1)c1cccs1. The molecule has 22 nitrogen and oxygen atoms in total. The summed E-state index contributed by atoms with van der Waals surface area (Å²) in [4.78, 5) is 75.2. The summed E-state index contributed by atoms with van der Waals surface area (Å²) < 4.78 is 16.7. The van der Waals surface area contributed by atoms with Gasteiger partial charge in [0.25, 0.3) is 0 Å². The zero-order chi connectivity index (χ0) is 79.6. The number of anilines is 4. The zero-order valence-electron chi connectivity index (χ0n) is 67.8. The number of aliphatic imine (C=N–C) groups is 4. The van der Waals surface area contributed by atoms with E-state index in [0.717, 1.165) is 159 Å². The smallest absolute Gasteiger partial charge is 0.410 e. The summed E-state index contributed by atoms with van der Waals surface area (Å²) in [6.07, 6.45) is 12.3. The van der Waals surface area contributed by atoms with Gasteiger partial charge in [-0.05, 0) is 287 Å². The van der Waals surface area contributed by atoms with E-state index in [0.29, 0.717) is 67.1 Å². The third-order valence-electron chi connectivity index (χ3n) is 21.2. The molecule has 4 saturated heterocycles. The summed E-state index contributed by atoms with van der Waals surface area (Å²) in [5.74, 6) is 2.27. The molecule has 616 valence electrons. The van der Waals surface area contributed by atoms with Crippen molar-refractivity contribution < 1.29 is 28.6 Å². The van der Waals surface area contributed by atoms with Crippen LogP contribution in [-0.4, -0.2) is 176 Å². The topological polar surface area (TPSA) is 267 Å². The summed E-state index contributed by atoms with van der Waals surface area (Å²) in [7, 11) is 0. The van der Waals surface area contributed by atoms with Crippen molar-refractivity contribution in [1.82, 2.24) is 20.0 Å². The van der Waals surface area contributed by atoms with Crippen molar-refractivity contribution in [2.75, 3.05) is 98.1 Å². The van der Waals surface area contributed by atoms with E-state index in [1.165, 1.54) is 64.4 Å². The van der Waals surface area contributed by atoms with Crippen LogP contribution in [0.5, 0.6) is 0 Å². The molecule has 4 aromatic carbocycles. The van der Waals surface area contributed by atoms with E-state index < -0.39 is 16.8 Å². The minimum atomic E-state index is -0.464. The molecule has 12 heterocycles. The number of nitrogens with two attached hydrogens (primary N) is 4. The van der Waals surface area contributed by atoms with Crippen molar-refractivity contribution in [1.29, 1.82) is 0 Å². The van der Waals surface area contributed by atoms with Gasteiger partial charge in [0, 0.05) is 119 Å². The van der Waals surface area contributed by atoms with Gasteiger partial charge in [-0.2, -0.15) is 0 Å². The average Bonchev–Trinajstić information content (AvgIpc) is 1.79. The number of hydrogen-bond acceptors (Lipinski definition) is 19. The monoisotopic (exact) mass is 1680 g/mol. The first-order chi connectivity index (χ1) is 54.2. The number of ether oxygens (including phenoxy) is 3.